The van der Waals surface area contributed by atoms with Gasteiger partial charge in [0.2, 0.25) is 0 Å². The maximum absolute atomic E-state index is 11.6. The molecule has 0 saturated carbocycles. The summed E-state index contributed by atoms with van der Waals surface area (Å²) in [5.41, 5.74) is 1.81. The number of fused-ring (bicyclic) bond motifs is 1. The number of nitrogens with zero attached hydrogens (tertiary/aromatic N) is 3. The van der Waals surface area contributed by atoms with Crippen molar-refractivity contribution >= 4 is 11.7 Å². The minimum Gasteiger partial charge on any atom is -0.355 e. The van der Waals surface area contributed by atoms with Gasteiger partial charge in [0.1, 0.15) is 11.9 Å². The first-order valence-corrected chi connectivity index (χ1v) is 6.66. The Morgan fingerprint density at radius 2 is 2.21 bits per heavy atom. The van der Waals surface area contributed by atoms with E-state index < -0.39 is 0 Å². The molecular weight excluding hydrogens is 240 g/mol. The summed E-state index contributed by atoms with van der Waals surface area (Å²) in [6.45, 7) is 4.59. The summed E-state index contributed by atoms with van der Waals surface area (Å²) in [7, 11) is 0. The Morgan fingerprint density at radius 3 is 2.89 bits per heavy atom. The third kappa shape index (κ3) is 2.03. The number of rotatable bonds is 1. The fourth-order valence-corrected chi connectivity index (χ4v) is 2.67. The largest absolute Gasteiger partial charge is 0.355 e. The van der Waals surface area contributed by atoms with Gasteiger partial charge in [0.05, 0.1) is 23.4 Å². The molecule has 2 aliphatic rings. The predicted molar refractivity (Wildman–Crippen MR) is 70.7 cm³/mol. The second kappa shape index (κ2) is 4.54. The highest BCUT2D eigenvalue weighted by Crippen LogP contribution is 2.27. The molecule has 0 bridgehead atoms. The van der Waals surface area contributed by atoms with Crippen molar-refractivity contribution in [1.29, 1.82) is 5.26 Å². The highest BCUT2D eigenvalue weighted by molar-refractivity contribution is 5.98. The van der Waals surface area contributed by atoms with E-state index in [1.807, 2.05) is 0 Å². The van der Waals surface area contributed by atoms with Gasteiger partial charge in [-0.3, -0.25) is 4.79 Å². The molecule has 0 atom stereocenters. The van der Waals surface area contributed by atoms with Gasteiger partial charge in [-0.2, -0.15) is 5.26 Å². The Bertz CT molecular complexity index is 568. The molecule has 0 aliphatic carbocycles. The molecule has 5 heteroatoms. The molecular formula is C14H16N4O. The van der Waals surface area contributed by atoms with Crippen molar-refractivity contribution in [3.63, 3.8) is 0 Å². The fraction of sp³-hybridized carbons (Fsp3) is 0.500. The van der Waals surface area contributed by atoms with E-state index in [0.29, 0.717) is 17.7 Å². The zero-order valence-corrected chi connectivity index (χ0v) is 10.9. The molecule has 5 nitrogen and oxygen atoms in total. The topological polar surface area (TPSA) is 69.0 Å². The quantitative estimate of drug-likeness (QED) is 0.825. The van der Waals surface area contributed by atoms with Crippen LogP contribution in [0.1, 0.15) is 41.4 Å². The number of amides is 1. The van der Waals surface area contributed by atoms with Crippen molar-refractivity contribution in [1.82, 2.24) is 10.3 Å². The van der Waals surface area contributed by atoms with Crippen molar-refractivity contribution in [2.24, 2.45) is 5.92 Å². The lowest BCUT2D eigenvalue weighted by molar-refractivity contribution is 0.0965. The molecule has 1 fully saturated rings. The number of hydrogen-bond acceptors (Lipinski definition) is 4. The zero-order chi connectivity index (χ0) is 13.4. The van der Waals surface area contributed by atoms with Gasteiger partial charge in [-0.25, -0.2) is 4.98 Å². The summed E-state index contributed by atoms with van der Waals surface area (Å²) in [6, 6.07) is 3.85. The molecule has 1 aromatic rings. The summed E-state index contributed by atoms with van der Waals surface area (Å²) >= 11 is 0. The summed E-state index contributed by atoms with van der Waals surface area (Å²) in [5.74, 6) is 1.35. The van der Waals surface area contributed by atoms with Crippen molar-refractivity contribution in [2.75, 3.05) is 18.0 Å². The highest BCUT2D eigenvalue weighted by atomic mass is 16.1. The second-order valence-electron chi connectivity index (χ2n) is 5.32. The minimum atomic E-state index is -0.127. The highest BCUT2D eigenvalue weighted by Gasteiger charge is 2.26. The molecule has 0 radical (unpaired) electrons. The van der Waals surface area contributed by atoms with E-state index in [0.717, 1.165) is 43.4 Å². The van der Waals surface area contributed by atoms with Gasteiger partial charge >= 0.3 is 0 Å². The average Bonchev–Trinajstić information content (AvgIpc) is 2.79. The summed E-state index contributed by atoms with van der Waals surface area (Å²) in [5, 5.41) is 12.0. The van der Waals surface area contributed by atoms with Gasteiger partial charge in [-0.15, -0.1) is 0 Å². The van der Waals surface area contributed by atoms with E-state index in [1.165, 1.54) is 0 Å². The molecule has 0 unspecified atom stereocenters. The van der Waals surface area contributed by atoms with Gasteiger partial charge in [0, 0.05) is 13.1 Å². The molecule has 98 valence electrons. The molecule has 1 aromatic heterocycles. The molecule has 19 heavy (non-hydrogen) atoms. The van der Waals surface area contributed by atoms with E-state index in [1.54, 1.807) is 6.07 Å². The standard InChI is InChI=1S/C14H16N4O/c1-9-2-4-18(5-3-9)13-10(7-15)6-11-12(17-13)8-16-14(11)19/h6,9H,2-5,8H2,1H3,(H,16,19). The average molecular weight is 256 g/mol. The molecule has 2 aliphatic heterocycles. The van der Waals surface area contributed by atoms with Crippen LogP contribution >= 0.6 is 0 Å². The van der Waals surface area contributed by atoms with Crippen molar-refractivity contribution < 1.29 is 4.79 Å². The molecule has 1 saturated heterocycles. The number of nitrogens with one attached hydrogen (secondary N) is 1. The van der Waals surface area contributed by atoms with Crippen LogP contribution in [0.25, 0.3) is 0 Å². The van der Waals surface area contributed by atoms with Crippen LogP contribution in [-0.4, -0.2) is 24.0 Å². The number of pyridine rings is 1. The van der Waals surface area contributed by atoms with Crippen LogP contribution in [0.4, 0.5) is 5.82 Å². The van der Waals surface area contributed by atoms with Crippen LogP contribution in [0.15, 0.2) is 6.07 Å². The molecule has 0 aromatic carbocycles. The lowest BCUT2D eigenvalue weighted by Crippen LogP contribution is -2.34. The van der Waals surface area contributed by atoms with E-state index in [-0.39, 0.29) is 5.91 Å². The van der Waals surface area contributed by atoms with Gasteiger partial charge in [0.25, 0.3) is 5.91 Å². The van der Waals surface area contributed by atoms with Gasteiger partial charge in [-0.05, 0) is 24.8 Å². The third-order valence-electron chi connectivity index (χ3n) is 3.95. The number of anilines is 1. The Kier molecular flexibility index (Phi) is 2.86. The van der Waals surface area contributed by atoms with Crippen molar-refractivity contribution in [3.8, 4) is 6.07 Å². The van der Waals surface area contributed by atoms with Crippen LogP contribution in [0.5, 0.6) is 0 Å². The maximum atomic E-state index is 11.6. The second-order valence-corrected chi connectivity index (χ2v) is 5.32. The van der Waals surface area contributed by atoms with Crippen LogP contribution in [0, 0.1) is 17.2 Å². The van der Waals surface area contributed by atoms with E-state index in [4.69, 9.17) is 0 Å². The SMILES string of the molecule is CC1CCN(c2nc3c(cc2C#N)C(=O)NC3)CC1. The Labute approximate surface area is 112 Å². The molecule has 3 rings (SSSR count). The van der Waals surface area contributed by atoms with Gasteiger partial charge < -0.3 is 10.2 Å². The fourth-order valence-electron chi connectivity index (χ4n) is 2.67. The smallest absolute Gasteiger partial charge is 0.253 e. The first-order valence-electron chi connectivity index (χ1n) is 6.66. The Balaban J connectivity index is 1.98. The van der Waals surface area contributed by atoms with Gasteiger partial charge in [-0.1, -0.05) is 6.92 Å². The monoisotopic (exact) mass is 256 g/mol. The van der Waals surface area contributed by atoms with Crippen LogP contribution < -0.4 is 10.2 Å². The number of hydrogen-bond donors (Lipinski definition) is 1. The molecule has 1 amide bonds. The third-order valence-corrected chi connectivity index (χ3v) is 3.95. The lowest BCUT2D eigenvalue weighted by Gasteiger charge is -2.31. The maximum Gasteiger partial charge on any atom is 0.253 e. The summed E-state index contributed by atoms with van der Waals surface area (Å²) in [4.78, 5) is 18.3. The van der Waals surface area contributed by atoms with Crippen molar-refractivity contribution in [3.05, 3.63) is 22.9 Å². The van der Waals surface area contributed by atoms with Crippen LogP contribution in [0.3, 0.4) is 0 Å². The molecule has 0 spiro atoms. The van der Waals surface area contributed by atoms with Gasteiger partial charge in [0.15, 0.2) is 0 Å². The number of nitriles is 1. The number of carbonyl (C=O) groups excluding carboxylic acids is 1. The molecule has 1 N–H and O–H groups in total. The number of aromatic nitrogens is 1. The zero-order valence-electron chi connectivity index (χ0n) is 10.9. The predicted octanol–water partition coefficient (Wildman–Crippen LogP) is 1.43. The van der Waals surface area contributed by atoms with Crippen LogP contribution in [0.2, 0.25) is 0 Å². The normalized spacial score (nSPS) is 18.9. The molecule has 3 heterocycles. The van der Waals surface area contributed by atoms with Crippen molar-refractivity contribution in [2.45, 2.75) is 26.3 Å². The first kappa shape index (κ1) is 12.0. The lowest BCUT2D eigenvalue weighted by atomic mass is 9.99. The van der Waals surface area contributed by atoms with E-state index in [9.17, 15) is 10.1 Å². The number of piperidine rings is 1. The number of carbonyl (C=O) groups is 1. The Morgan fingerprint density at radius 1 is 1.47 bits per heavy atom. The summed E-state index contributed by atoms with van der Waals surface area (Å²) < 4.78 is 0. The Hall–Kier alpha value is -2.09. The summed E-state index contributed by atoms with van der Waals surface area (Å²) in [6.07, 6.45) is 2.25. The minimum absolute atomic E-state index is 0.127. The van der Waals surface area contributed by atoms with E-state index >= 15 is 0 Å². The van der Waals surface area contributed by atoms with Crippen LogP contribution in [-0.2, 0) is 6.54 Å². The first-order chi connectivity index (χ1) is 9.19. The van der Waals surface area contributed by atoms with E-state index in [2.05, 4.69) is 28.2 Å².